The number of hydrogen-bond acceptors (Lipinski definition) is 3. The zero-order valence-electron chi connectivity index (χ0n) is 15.7. The van der Waals surface area contributed by atoms with Crippen LogP contribution in [0, 0.1) is 0 Å². The third kappa shape index (κ3) is 6.21. The number of amides is 1. The summed E-state index contributed by atoms with van der Waals surface area (Å²) in [6.07, 6.45) is 4.14. The summed E-state index contributed by atoms with van der Waals surface area (Å²) < 4.78 is 5.18. The van der Waals surface area contributed by atoms with Gasteiger partial charge in [-0.3, -0.25) is 4.79 Å². The predicted molar refractivity (Wildman–Crippen MR) is 113 cm³/mol. The maximum Gasteiger partial charge on any atom is 0.340 e. The molecule has 2 aromatic rings. The SMILES string of the molecule is CCOC(=O)c1ccccc1N(CCCCCCBr)C(=O)c1ccccc1. The second-order valence-electron chi connectivity index (χ2n) is 6.16. The molecule has 0 saturated heterocycles. The Morgan fingerprint density at radius 2 is 1.59 bits per heavy atom. The van der Waals surface area contributed by atoms with Crippen LogP contribution in [0.15, 0.2) is 54.6 Å². The van der Waals surface area contributed by atoms with Gasteiger partial charge in [0.2, 0.25) is 0 Å². The molecule has 0 N–H and O–H groups in total. The molecule has 0 aliphatic rings. The number of halogens is 1. The lowest BCUT2D eigenvalue weighted by molar-refractivity contribution is 0.0527. The van der Waals surface area contributed by atoms with Gasteiger partial charge >= 0.3 is 5.97 Å². The normalized spacial score (nSPS) is 10.4. The highest BCUT2D eigenvalue weighted by molar-refractivity contribution is 9.09. The maximum atomic E-state index is 13.2. The molecule has 0 saturated carbocycles. The van der Waals surface area contributed by atoms with Gasteiger partial charge in [-0.25, -0.2) is 4.79 Å². The lowest BCUT2D eigenvalue weighted by Crippen LogP contribution is -2.33. The second-order valence-corrected chi connectivity index (χ2v) is 6.96. The molecule has 2 aromatic carbocycles. The molecular formula is C22H26BrNO3. The number of alkyl halides is 1. The Bertz CT molecular complexity index is 733. The quantitative estimate of drug-likeness (QED) is 0.284. The van der Waals surface area contributed by atoms with Crippen LogP contribution in [0.25, 0.3) is 0 Å². The van der Waals surface area contributed by atoms with Crippen molar-refractivity contribution in [1.82, 2.24) is 0 Å². The van der Waals surface area contributed by atoms with Crippen LogP contribution in [0.1, 0.15) is 53.3 Å². The fourth-order valence-corrected chi connectivity index (χ4v) is 3.27. The number of carbonyl (C=O) groups excluding carboxylic acids is 2. The number of unbranched alkanes of at least 4 members (excludes halogenated alkanes) is 3. The van der Waals surface area contributed by atoms with Crippen molar-refractivity contribution in [3.8, 4) is 0 Å². The fourth-order valence-electron chi connectivity index (χ4n) is 2.88. The van der Waals surface area contributed by atoms with Crippen LogP contribution in [0.5, 0.6) is 0 Å². The van der Waals surface area contributed by atoms with Crippen molar-refractivity contribution in [1.29, 1.82) is 0 Å². The zero-order chi connectivity index (χ0) is 19.5. The van der Waals surface area contributed by atoms with Gasteiger partial charge in [-0.15, -0.1) is 0 Å². The summed E-state index contributed by atoms with van der Waals surface area (Å²) in [7, 11) is 0. The van der Waals surface area contributed by atoms with E-state index in [-0.39, 0.29) is 5.91 Å². The molecule has 27 heavy (non-hydrogen) atoms. The smallest absolute Gasteiger partial charge is 0.340 e. The largest absolute Gasteiger partial charge is 0.462 e. The topological polar surface area (TPSA) is 46.6 Å². The average molecular weight is 432 g/mol. The summed E-state index contributed by atoms with van der Waals surface area (Å²) in [4.78, 5) is 27.2. The van der Waals surface area contributed by atoms with Gasteiger partial charge in [0.05, 0.1) is 17.9 Å². The molecule has 0 unspecified atom stereocenters. The zero-order valence-corrected chi connectivity index (χ0v) is 17.3. The van der Waals surface area contributed by atoms with E-state index in [1.807, 2.05) is 30.3 Å². The van der Waals surface area contributed by atoms with Crippen molar-refractivity contribution >= 4 is 33.5 Å². The highest BCUT2D eigenvalue weighted by Gasteiger charge is 2.23. The summed E-state index contributed by atoms with van der Waals surface area (Å²) in [6.45, 7) is 2.63. The van der Waals surface area contributed by atoms with Crippen LogP contribution in [0.4, 0.5) is 5.69 Å². The van der Waals surface area contributed by atoms with Gasteiger partial charge in [0.15, 0.2) is 0 Å². The van der Waals surface area contributed by atoms with Gasteiger partial charge in [0, 0.05) is 17.4 Å². The first-order chi connectivity index (χ1) is 13.2. The third-order valence-corrected chi connectivity index (χ3v) is 4.78. The molecule has 0 radical (unpaired) electrons. The number of benzene rings is 2. The molecule has 0 aromatic heterocycles. The Kier molecular flexibility index (Phi) is 9.05. The van der Waals surface area contributed by atoms with Crippen molar-refractivity contribution in [3.63, 3.8) is 0 Å². The molecule has 0 fully saturated rings. The minimum Gasteiger partial charge on any atom is -0.462 e. The Balaban J connectivity index is 2.29. The number of anilines is 1. The van der Waals surface area contributed by atoms with Crippen molar-refractivity contribution in [2.45, 2.75) is 32.6 Å². The molecule has 0 atom stereocenters. The minimum atomic E-state index is -0.404. The van der Waals surface area contributed by atoms with Crippen LogP contribution in [-0.2, 0) is 4.74 Å². The lowest BCUT2D eigenvalue weighted by atomic mass is 10.1. The van der Waals surface area contributed by atoms with Crippen LogP contribution in [0.3, 0.4) is 0 Å². The van der Waals surface area contributed by atoms with E-state index in [4.69, 9.17) is 4.74 Å². The molecule has 0 heterocycles. The Labute approximate surface area is 169 Å². The van der Waals surface area contributed by atoms with Gasteiger partial charge < -0.3 is 9.64 Å². The Morgan fingerprint density at radius 3 is 2.30 bits per heavy atom. The number of nitrogens with zero attached hydrogens (tertiary/aromatic N) is 1. The van der Waals surface area contributed by atoms with Crippen LogP contribution >= 0.6 is 15.9 Å². The molecule has 0 aliphatic carbocycles. The van der Waals surface area contributed by atoms with Gasteiger partial charge in [0.25, 0.3) is 5.91 Å². The van der Waals surface area contributed by atoms with E-state index in [0.29, 0.717) is 30.0 Å². The van der Waals surface area contributed by atoms with Gasteiger partial charge in [-0.1, -0.05) is 59.1 Å². The van der Waals surface area contributed by atoms with E-state index in [1.54, 1.807) is 36.1 Å². The molecule has 4 nitrogen and oxygen atoms in total. The Hall–Kier alpha value is -2.14. The van der Waals surface area contributed by atoms with E-state index in [0.717, 1.165) is 31.0 Å². The maximum absolute atomic E-state index is 13.2. The summed E-state index contributed by atoms with van der Waals surface area (Å²) in [5.74, 6) is -0.508. The summed E-state index contributed by atoms with van der Waals surface area (Å²) in [6, 6.07) is 16.3. The highest BCUT2D eigenvalue weighted by atomic mass is 79.9. The molecular weight excluding hydrogens is 406 g/mol. The second kappa shape index (κ2) is 11.5. The van der Waals surface area contributed by atoms with Crippen molar-refractivity contribution in [3.05, 3.63) is 65.7 Å². The fraction of sp³-hybridized carbons (Fsp3) is 0.364. The number of para-hydroxylation sites is 1. The third-order valence-electron chi connectivity index (χ3n) is 4.22. The van der Waals surface area contributed by atoms with Crippen LogP contribution in [0.2, 0.25) is 0 Å². The molecule has 144 valence electrons. The predicted octanol–water partition coefficient (Wildman–Crippen LogP) is 5.47. The first-order valence-corrected chi connectivity index (χ1v) is 10.5. The molecule has 1 amide bonds. The molecule has 2 rings (SSSR count). The van der Waals surface area contributed by atoms with Crippen LogP contribution in [-0.4, -0.2) is 30.4 Å². The molecule has 5 heteroatoms. The van der Waals surface area contributed by atoms with Gasteiger partial charge in [-0.2, -0.15) is 0 Å². The van der Waals surface area contributed by atoms with E-state index >= 15 is 0 Å². The summed E-state index contributed by atoms with van der Waals surface area (Å²) in [5, 5.41) is 0.991. The number of hydrogen-bond donors (Lipinski definition) is 0. The van der Waals surface area contributed by atoms with E-state index < -0.39 is 5.97 Å². The summed E-state index contributed by atoms with van der Waals surface area (Å²) in [5.41, 5.74) is 1.63. The van der Waals surface area contributed by atoms with E-state index in [1.165, 1.54) is 0 Å². The number of carbonyl (C=O) groups is 2. The molecule has 0 bridgehead atoms. The number of rotatable bonds is 10. The van der Waals surface area contributed by atoms with Gasteiger partial charge in [-0.05, 0) is 44.0 Å². The van der Waals surface area contributed by atoms with Gasteiger partial charge in [0.1, 0.15) is 0 Å². The Morgan fingerprint density at radius 1 is 0.926 bits per heavy atom. The van der Waals surface area contributed by atoms with Crippen molar-refractivity contribution in [2.24, 2.45) is 0 Å². The molecule has 0 aliphatic heterocycles. The number of esters is 1. The standard InChI is InChI=1S/C22H26BrNO3/c1-2-27-22(26)19-14-8-9-15-20(19)24(17-11-4-3-10-16-23)21(25)18-12-6-5-7-13-18/h5-9,12-15H,2-4,10-11,16-17H2,1H3. The number of ether oxygens (including phenoxy) is 1. The minimum absolute atomic E-state index is 0.104. The van der Waals surface area contributed by atoms with E-state index in [2.05, 4.69) is 15.9 Å². The van der Waals surface area contributed by atoms with Crippen molar-refractivity contribution in [2.75, 3.05) is 23.4 Å². The first-order valence-electron chi connectivity index (χ1n) is 9.38. The lowest BCUT2D eigenvalue weighted by Gasteiger charge is -2.25. The summed E-state index contributed by atoms with van der Waals surface area (Å²) >= 11 is 3.45. The van der Waals surface area contributed by atoms with Crippen LogP contribution < -0.4 is 4.90 Å². The monoisotopic (exact) mass is 431 g/mol. The molecule has 0 spiro atoms. The van der Waals surface area contributed by atoms with E-state index in [9.17, 15) is 9.59 Å². The highest BCUT2D eigenvalue weighted by Crippen LogP contribution is 2.24. The average Bonchev–Trinajstić information content (AvgIpc) is 2.71. The van der Waals surface area contributed by atoms with Crippen molar-refractivity contribution < 1.29 is 14.3 Å². The first kappa shape index (κ1) is 21.2.